The summed E-state index contributed by atoms with van der Waals surface area (Å²) in [6.07, 6.45) is 5.44. The second-order valence-corrected chi connectivity index (χ2v) is 5.71. The summed E-state index contributed by atoms with van der Waals surface area (Å²) in [6, 6.07) is 5.58. The lowest BCUT2D eigenvalue weighted by Crippen LogP contribution is -2.29. The molecule has 1 aliphatic heterocycles. The third kappa shape index (κ3) is 4.68. The van der Waals surface area contributed by atoms with E-state index in [4.69, 9.17) is 23.2 Å². The van der Waals surface area contributed by atoms with Crippen LogP contribution in [0.2, 0.25) is 10.0 Å². The van der Waals surface area contributed by atoms with Gasteiger partial charge >= 0.3 is 0 Å². The van der Waals surface area contributed by atoms with Gasteiger partial charge in [0.1, 0.15) is 0 Å². The van der Waals surface area contributed by atoms with Crippen molar-refractivity contribution in [3.63, 3.8) is 0 Å². The van der Waals surface area contributed by atoms with E-state index in [2.05, 4.69) is 10.2 Å². The Morgan fingerprint density at radius 2 is 1.56 bits per heavy atom. The molecule has 100 valence electrons. The average molecular weight is 287 g/mol. The maximum Gasteiger partial charge on any atom is 0.0441 e. The lowest BCUT2D eigenvalue weighted by molar-refractivity contribution is 0.296. The number of benzene rings is 1. The number of nitrogens with one attached hydrogen (secondary N) is 1. The smallest absolute Gasteiger partial charge is 0.0441 e. The van der Waals surface area contributed by atoms with E-state index in [1.54, 1.807) is 6.07 Å². The number of hydrogen-bond acceptors (Lipinski definition) is 2. The number of anilines is 1. The van der Waals surface area contributed by atoms with Gasteiger partial charge in [0.15, 0.2) is 0 Å². The first-order valence-corrected chi connectivity index (χ1v) is 7.42. The minimum atomic E-state index is 0.680. The van der Waals surface area contributed by atoms with E-state index in [9.17, 15) is 0 Å². The third-order valence-electron chi connectivity index (χ3n) is 3.32. The largest absolute Gasteiger partial charge is 0.384 e. The van der Waals surface area contributed by atoms with Gasteiger partial charge < -0.3 is 10.2 Å². The molecule has 1 aromatic carbocycles. The molecule has 1 saturated heterocycles. The number of nitrogens with zero attached hydrogens (tertiary/aromatic N) is 1. The third-order valence-corrected chi connectivity index (χ3v) is 3.75. The van der Waals surface area contributed by atoms with Gasteiger partial charge in [-0.05, 0) is 44.1 Å². The van der Waals surface area contributed by atoms with Gasteiger partial charge in [-0.15, -0.1) is 0 Å². The van der Waals surface area contributed by atoms with E-state index >= 15 is 0 Å². The van der Waals surface area contributed by atoms with E-state index in [-0.39, 0.29) is 0 Å². The highest BCUT2D eigenvalue weighted by Gasteiger charge is 2.08. The predicted molar refractivity (Wildman–Crippen MR) is 79.9 cm³/mol. The van der Waals surface area contributed by atoms with Crippen LogP contribution in [0.3, 0.4) is 0 Å². The molecule has 0 amide bonds. The van der Waals surface area contributed by atoms with Gasteiger partial charge in [0.25, 0.3) is 0 Å². The van der Waals surface area contributed by atoms with Crippen molar-refractivity contribution in [1.82, 2.24) is 4.90 Å². The summed E-state index contributed by atoms with van der Waals surface area (Å²) in [5.74, 6) is 0. The quantitative estimate of drug-likeness (QED) is 0.889. The number of hydrogen-bond donors (Lipinski definition) is 1. The molecule has 1 fully saturated rings. The topological polar surface area (TPSA) is 15.3 Å². The molecule has 1 heterocycles. The minimum absolute atomic E-state index is 0.680. The van der Waals surface area contributed by atoms with Gasteiger partial charge in [-0.25, -0.2) is 0 Å². The van der Waals surface area contributed by atoms with Crippen LogP contribution in [-0.4, -0.2) is 31.1 Å². The molecule has 0 aromatic heterocycles. The van der Waals surface area contributed by atoms with Crippen LogP contribution in [0.15, 0.2) is 18.2 Å². The van der Waals surface area contributed by atoms with Crippen molar-refractivity contribution < 1.29 is 0 Å². The monoisotopic (exact) mass is 286 g/mol. The fourth-order valence-electron chi connectivity index (χ4n) is 2.37. The van der Waals surface area contributed by atoms with Crippen molar-refractivity contribution in [2.24, 2.45) is 0 Å². The van der Waals surface area contributed by atoms with Crippen LogP contribution in [0.1, 0.15) is 25.7 Å². The van der Waals surface area contributed by atoms with Crippen molar-refractivity contribution in [2.75, 3.05) is 31.5 Å². The van der Waals surface area contributed by atoms with Crippen LogP contribution in [0, 0.1) is 0 Å². The summed E-state index contributed by atoms with van der Waals surface area (Å²) >= 11 is 11.9. The Hall–Kier alpha value is -0.440. The van der Waals surface area contributed by atoms with E-state index < -0.39 is 0 Å². The normalized spacial score (nSPS) is 17.4. The fourth-order valence-corrected chi connectivity index (χ4v) is 2.90. The predicted octanol–water partition coefficient (Wildman–Crippen LogP) is 4.28. The molecule has 0 saturated carbocycles. The molecule has 1 aliphatic rings. The van der Waals surface area contributed by atoms with E-state index in [0.29, 0.717) is 10.0 Å². The number of likely N-dealkylation sites (tertiary alicyclic amines) is 1. The molecule has 1 N–H and O–H groups in total. The highest BCUT2D eigenvalue weighted by atomic mass is 35.5. The molecule has 2 rings (SSSR count). The van der Waals surface area contributed by atoms with Crippen LogP contribution < -0.4 is 5.32 Å². The first-order valence-electron chi connectivity index (χ1n) is 6.66. The molecule has 0 bridgehead atoms. The molecule has 2 nitrogen and oxygen atoms in total. The average Bonchev–Trinajstić information content (AvgIpc) is 2.56. The molecule has 0 radical (unpaired) electrons. The molecule has 1 aromatic rings. The Labute approximate surface area is 119 Å². The Morgan fingerprint density at radius 3 is 2.17 bits per heavy atom. The van der Waals surface area contributed by atoms with E-state index in [1.807, 2.05) is 12.1 Å². The fraction of sp³-hybridized carbons (Fsp3) is 0.571. The Bertz CT molecular complexity index is 354. The van der Waals surface area contributed by atoms with Crippen LogP contribution in [-0.2, 0) is 0 Å². The van der Waals surface area contributed by atoms with Crippen molar-refractivity contribution in [1.29, 1.82) is 0 Å². The minimum Gasteiger partial charge on any atom is -0.384 e. The maximum atomic E-state index is 5.96. The summed E-state index contributed by atoms with van der Waals surface area (Å²) in [6.45, 7) is 4.50. The molecule has 18 heavy (non-hydrogen) atoms. The molecule has 4 heteroatoms. The molecule has 0 unspecified atom stereocenters. The second kappa shape index (κ2) is 7.22. The van der Waals surface area contributed by atoms with Crippen LogP contribution in [0.5, 0.6) is 0 Å². The second-order valence-electron chi connectivity index (χ2n) is 4.84. The van der Waals surface area contributed by atoms with Gasteiger partial charge in [0.2, 0.25) is 0 Å². The van der Waals surface area contributed by atoms with Gasteiger partial charge in [-0.1, -0.05) is 36.0 Å². The molecular weight excluding hydrogens is 267 g/mol. The first kappa shape index (κ1) is 14.0. The van der Waals surface area contributed by atoms with Crippen LogP contribution in [0.4, 0.5) is 5.69 Å². The Morgan fingerprint density at radius 1 is 0.944 bits per heavy atom. The summed E-state index contributed by atoms with van der Waals surface area (Å²) in [5.41, 5.74) is 1.00. The van der Waals surface area contributed by atoms with E-state index in [0.717, 1.165) is 18.8 Å². The molecular formula is C14H20Cl2N2. The van der Waals surface area contributed by atoms with E-state index in [1.165, 1.54) is 38.8 Å². The SMILES string of the molecule is Clc1cc(Cl)cc(NCCN2CCCCCC2)c1. The van der Waals surface area contributed by atoms with Crippen molar-refractivity contribution >= 4 is 28.9 Å². The van der Waals surface area contributed by atoms with Gasteiger partial charge in [-0.2, -0.15) is 0 Å². The summed E-state index contributed by atoms with van der Waals surface area (Å²) in [4.78, 5) is 2.53. The van der Waals surface area contributed by atoms with Crippen molar-refractivity contribution in [2.45, 2.75) is 25.7 Å². The number of rotatable bonds is 4. The zero-order chi connectivity index (χ0) is 12.8. The molecule has 0 spiro atoms. The Kier molecular flexibility index (Phi) is 5.61. The van der Waals surface area contributed by atoms with Gasteiger partial charge in [-0.3, -0.25) is 0 Å². The standard InChI is InChI=1S/C14H20Cl2N2/c15-12-9-13(16)11-14(10-12)17-5-8-18-6-3-1-2-4-7-18/h9-11,17H,1-8H2. The van der Waals surface area contributed by atoms with Crippen LogP contribution in [0.25, 0.3) is 0 Å². The van der Waals surface area contributed by atoms with Crippen molar-refractivity contribution in [3.8, 4) is 0 Å². The zero-order valence-electron chi connectivity index (χ0n) is 10.6. The zero-order valence-corrected chi connectivity index (χ0v) is 12.1. The van der Waals surface area contributed by atoms with Crippen molar-refractivity contribution in [3.05, 3.63) is 28.2 Å². The lowest BCUT2D eigenvalue weighted by atomic mass is 10.2. The Balaban J connectivity index is 1.77. The van der Waals surface area contributed by atoms with Gasteiger partial charge in [0.05, 0.1) is 0 Å². The highest BCUT2D eigenvalue weighted by molar-refractivity contribution is 6.35. The highest BCUT2D eigenvalue weighted by Crippen LogP contribution is 2.22. The first-order chi connectivity index (χ1) is 8.74. The van der Waals surface area contributed by atoms with Crippen LogP contribution >= 0.6 is 23.2 Å². The maximum absolute atomic E-state index is 5.96. The molecule has 0 atom stereocenters. The summed E-state index contributed by atoms with van der Waals surface area (Å²) < 4.78 is 0. The summed E-state index contributed by atoms with van der Waals surface area (Å²) in [5, 5.41) is 4.74. The summed E-state index contributed by atoms with van der Waals surface area (Å²) in [7, 11) is 0. The number of halogens is 2. The molecule has 0 aliphatic carbocycles. The van der Waals surface area contributed by atoms with Gasteiger partial charge in [0, 0.05) is 28.8 Å². The lowest BCUT2D eigenvalue weighted by Gasteiger charge is -2.20.